The number of carbonyl (C=O) groups is 1. The molecule has 0 aliphatic heterocycles. The second-order valence-corrected chi connectivity index (χ2v) is 4.12. The summed E-state index contributed by atoms with van der Waals surface area (Å²) in [4.78, 5) is 11.2. The highest BCUT2D eigenvalue weighted by molar-refractivity contribution is 5.75. The summed E-state index contributed by atoms with van der Waals surface area (Å²) in [5, 5.41) is 3.28. The molecule has 4 nitrogen and oxygen atoms in total. The van der Waals surface area contributed by atoms with E-state index in [-0.39, 0.29) is 12.0 Å². The summed E-state index contributed by atoms with van der Waals surface area (Å²) < 4.78 is 9.96. The van der Waals surface area contributed by atoms with Gasteiger partial charge in [0, 0.05) is 13.2 Å². The lowest BCUT2D eigenvalue weighted by molar-refractivity contribution is -0.142. The van der Waals surface area contributed by atoms with Crippen LogP contribution in [0.4, 0.5) is 0 Å². The molecule has 1 saturated carbocycles. The second-order valence-electron chi connectivity index (χ2n) is 4.12. The van der Waals surface area contributed by atoms with Crippen molar-refractivity contribution in [2.75, 3.05) is 14.2 Å². The largest absolute Gasteiger partial charge is 0.468 e. The standard InChI is InChI=1S/C11H21NO3/c1-8(11(13)15-3)12-9-4-6-10(14-2)7-5-9/h8-10,12H,4-7H2,1-3H3/t8-,9?,10?/m1/s1. The van der Waals surface area contributed by atoms with Crippen LogP contribution in [0.5, 0.6) is 0 Å². The molecule has 0 amide bonds. The molecule has 4 heteroatoms. The SMILES string of the molecule is COC(=O)[C@@H](C)NC1CCC(OC)CC1. The molecule has 0 heterocycles. The van der Waals surface area contributed by atoms with Crippen LogP contribution in [0.1, 0.15) is 32.6 Å². The summed E-state index contributed by atoms with van der Waals surface area (Å²) in [7, 11) is 3.18. The molecule has 0 aromatic rings. The van der Waals surface area contributed by atoms with Crippen LogP contribution in [-0.4, -0.2) is 38.4 Å². The lowest BCUT2D eigenvalue weighted by Crippen LogP contribution is -2.44. The van der Waals surface area contributed by atoms with Gasteiger partial charge < -0.3 is 14.8 Å². The molecule has 1 N–H and O–H groups in total. The molecular formula is C11H21NO3. The molecule has 0 bridgehead atoms. The normalized spacial score (nSPS) is 28.5. The molecule has 0 aromatic carbocycles. The summed E-state index contributed by atoms with van der Waals surface area (Å²) in [5.74, 6) is -0.191. The van der Waals surface area contributed by atoms with Gasteiger partial charge in [-0.25, -0.2) is 0 Å². The van der Waals surface area contributed by atoms with Crippen LogP contribution in [-0.2, 0) is 14.3 Å². The Morgan fingerprint density at radius 3 is 2.33 bits per heavy atom. The highest BCUT2D eigenvalue weighted by Gasteiger charge is 2.23. The van der Waals surface area contributed by atoms with Crippen LogP contribution in [0.3, 0.4) is 0 Å². The third-order valence-electron chi connectivity index (χ3n) is 3.05. The Balaban J connectivity index is 2.26. The molecule has 0 unspecified atom stereocenters. The number of esters is 1. The van der Waals surface area contributed by atoms with E-state index in [2.05, 4.69) is 10.1 Å². The van der Waals surface area contributed by atoms with E-state index in [9.17, 15) is 4.79 Å². The van der Waals surface area contributed by atoms with E-state index in [1.54, 1.807) is 7.11 Å². The summed E-state index contributed by atoms with van der Waals surface area (Å²) in [6, 6.07) is 0.213. The van der Waals surface area contributed by atoms with Crippen molar-refractivity contribution in [3.8, 4) is 0 Å². The van der Waals surface area contributed by atoms with E-state index in [1.165, 1.54) is 7.11 Å². The average molecular weight is 215 g/mol. The van der Waals surface area contributed by atoms with E-state index < -0.39 is 0 Å². The number of hydrogen-bond acceptors (Lipinski definition) is 4. The maximum absolute atomic E-state index is 11.2. The number of rotatable bonds is 4. The van der Waals surface area contributed by atoms with Crippen molar-refractivity contribution in [3.05, 3.63) is 0 Å². The van der Waals surface area contributed by atoms with Gasteiger partial charge in [-0.15, -0.1) is 0 Å². The Kier molecular flexibility index (Phi) is 5.05. The molecule has 1 fully saturated rings. The lowest BCUT2D eigenvalue weighted by atomic mass is 9.92. The zero-order valence-corrected chi connectivity index (χ0v) is 9.79. The Labute approximate surface area is 91.3 Å². The van der Waals surface area contributed by atoms with Gasteiger partial charge in [-0.2, -0.15) is 0 Å². The van der Waals surface area contributed by atoms with Crippen molar-refractivity contribution in [1.29, 1.82) is 0 Å². The minimum atomic E-state index is -0.209. The fraction of sp³-hybridized carbons (Fsp3) is 0.909. The first-order valence-corrected chi connectivity index (χ1v) is 5.54. The van der Waals surface area contributed by atoms with Gasteiger partial charge in [0.05, 0.1) is 13.2 Å². The quantitative estimate of drug-likeness (QED) is 0.713. The van der Waals surface area contributed by atoms with E-state index in [1.807, 2.05) is 6.92 Å². The van der Waals surface area contributed by atoms with Gasteiger partial charge in [-0.05, 0) is 32.6 Å². The smallest absolute Gasteiger partial charge is 0.322 e. The van der Waals surface area contributed by atoms with Gasteiger partial charge in [-0.3, -0.25) is 4.79 Å². The van der Waals surface area contributed by atoms with Gasteiger partial charge >= 0.3 is 5.97 Å². The molecule has 88 valence electrons. The lowest BCUT2D eigenvalue weighted by Gasteiger charge is -2.29. The number of ether oxygens (including phenoxy) is 2. The van der Waals surface area contributed by atoms with Crippen molar-refractivity contribution in [3.63, 3.8) is 0 Å². The number of nitrogens with one attached hydrogen (secondary N) is 1. The molecule has 0 aromatic heterocycles. The molecule has 1 aliphatic carbocycles. The fourth-order valence-electron chi connectivity index (χ4n) is 2.06. The van der Waals surface area contributed by atoms with Crippen LogP contribution in [0.25, 0.3) is 0 Å². The zero-order chi connectivity index (χ0) is 11.3. The Bertz CT molecular complexity index is 200. The van der Waals surface area contributed by atoms with E-state index in [0.717, 1.165) is 25.7 Å². The first kappa shape index (κ1) is 12.5. The van der Waals surface area contributed by atoms with Crippen molar-refractivity contribution in [2.24, 2.45) is 0 Å². The van der Waals surface area contributed by atoms with Gasteiger partial charge in [0.25, 0.3) is 0 Å². The first-order chi connectivity index (χ1) is 7.17. The maximum Gasteiger partial charge on any atom is 0.322 e. The zero-order valence-electron chi connectivity index (χ0n) is 9.79. The van der Waals surface area contributed by atoms with Crippen LogP contribution in [0.15, 0.2) is 0 Å². The molecule has 0 radical (unpaired) electrons. The molecule has 1 aliphatic rings. The van der Waals surface area contributed by atoms with E-state index in [0.29, 0.717) is 12.1 Å². The minimum absolute atomic E-state index is 0.191. The summed E-state index contributed by atoms with van der Waals surface area (Å²) >= 11 is 0. The molecule has 0 saturated heterocycles. The Hall–Kier alpha value is -0.610. The van der Waals surface area contributed by atoms with Gasteiger partial charge in [0.1, 0.15) is 6.04 Å². The molecule has 1 rings (SSSR count). The third-order valence-corrected chi connectivity index (χ3v) is 3.05. The predicted octanol–water partition coefficient (Wildman–Crippen LogP) is 1.10. The summed E-state index contributed by atoms with van der Waals surface area (Å²) in [6.07, 6.45) is 4.68. The number of hydrogen-bond donors (Lipinski definition) is 1. The summed E-state index contributed by atoms with van der Waals surface area (Å²) in [6.45, 7) is 1.84. The van der Waals surface area contributed by atoms with Crippen LogP contribution in [0.2, 0.25) is 0 Å². The van der Waals surface area contributed by atoms with Crippen molar-refractivity contribution >= 4 is 5.97 Å². The van der Waals surface area contributed by atoms with E-state index >= 15 is 0 Å². The number of carbonyl (C=O) groups excluding carboxylic acids is 1. The fourth-order valence-corrected chi connectivity index (χ4v) is 2.06. The molecule has 1 atom stereocenters. The highest BCUT2D eigenvalue weighted by atomic mass is 16.5. The molecule has 0 spiro atoms. The highest BCUT2D eigenvalue weighted by Crippen LogP contribution is 2.20. The predicted molar refractivity (Wildman–Crippen MR) is 57.7 cm³/mol. The van der Waals surface area contributed by atoms with Crippen molar-refractivity contribution in [1.82, 2.24) is 5.32 Å². The van der Waals surface area contributed by atoms with Crippen molar-refractivity contribution in [2.45, 2.75) is 50.8 Å². The monoisotopic (exact) mass is 215 g/mol. The Morgan fingerprint density at radius 1 is 1.27 bits per heavy atom. The number of methoxy groups -OCH3 is 2. The second kappa shape index (κ2) is 6.08. The van der Waals surface area contributed by atoms with E-state index in [4.69, 9.17) is 4.74 Å². The van der Waals surface area contributed by atoms with Gasteiger partial charge in [0.2, 0.25) is 0 Å². The van der Waals surface area contributed by atoms with Crippen LogP contribution in [0, 0.1) is 0 Å². The van der Waals surface area contributed by atoms with Crippen molar-refractivity contribution < 1.29 is 14.3 Å². The summed E-state index contributed by atoms with van der Waals surface area (Å²) in [5.41, 5.74) is 0. The average Bonchev–Trinajstić information content (AvgIpc) is 2.29. The van der Waals surface area contributed by atoms with Crippen LogP contribution >= 0.6 is 0 Å². The topological polar surface area (TPSA) is 47.6 Å². The Morgan fingerprint density at radius 2 is 1.87 bits per heavy atom. The van der Waals surface area contributed by atoms with Gasteiger partial charge in [-0.1, -0.05) is 0 Å². The molecule has 15 heavy (non-hydrogen) atoms. The maximum atomic E-state index is 11.2. The third kappa shape index (κ3) is 3.80. The van der Waals surface area contributed by atoms with Gasteiger partial charge in [0.15, 0.2) is 0 Å². The first-order valence-electron chi connectivity index (χ1n) is 5.54. The minimum Gasteiger partial charge on any atom is -0.468 e. The van der Waals surface area contributed by atoms with Crippen LogP contribution < -0.4 is 5.32 Å². The molecular weight excluding hydrogens is 194 g/mol.